The first-order valence-corrected chi connectivity index (χ1v) is 7.67. The molecule has 1 heteroatoms. The van der Waals surface area contributed by atoms with E-state index < -0.39 is 0 Å². The molecule has 1 nitrogen and oxygen atoms in total. The average Bonchev–Trinajstić information content (AvgIpc) is 2.45. The molecule has 0 radical (unpaired) electrons. The van der Waals surface area contributed by atoms with Crippen LogP contribution in [0, 0.1) is 0 Å². The van der Waals surface area contributed by atoms with Crippen molar-refractivity contribution >= 4 is 0 Å². The maximum absolute atomic E-state index is 8.07. The molecule has 17 heavy (non-hydrogen) atoms. The number of aliphatic hydroxyl groups is 1. The Bertz CT molecular complexity index is 126. The molecule has 0 bridgehead atoms. The van der Waals surface area contributed by atoms with E-state index >= 15 is 0 Å². The van der Waals surface area contributed by atoms with Crippen LogP contribution in [-0.2, 0) is 0 Å². The highest BCUT2D eigenvalue weighted by Gasteiger charge is 1.95. The van der Waals surface area contributed by atoms with Crippen LogP contribution in [-0.4, -0.2) is 11.7 Å². The zero-order chi connectivity index (χ0) is 12.6. The summed E-state index contributed by atoms with van der Waals surface area (Å²) in [6, 6.07) is 0. The van der Waals surface area contributed by atoms with Gasteiger partial charge in [-0.05, 0) is 32.1 Å². The van der Waals surface area contributed by atoms with Gasteiger partial charge in [-0.25, -0.2) is 0 Å². The molecule has 0 amide bonds. The summed E-state index contributed by atoms with van der Waals surface area (Å²) in [4.78, 5) is 0. The van der Waals surface area contributed by atoms with E-state index in [-0.39, 0.29) is 0 Å². The third kappa shape index (κ3) is 15.7. The minimum absolute atomic E-state index is 0.344. The van der Waals surface area contributed by atoms with Crippen molar-refractivity contribution in [1.82, 2.24) is 0 Å². The van der Waals surface area contributed by atoms with Gasteiger partial charge in [-0.3, -0.25) is 0 Å². The lowest BCUT2D eigenvalue weighted by molar-refractivity contribution is 0.287. The molecule has 102 valence electrons. The summed E-state index contributed by atoms with van der Waals surface area (Å²) in [6.07, 6.45) is 21.0. The standard InChI is InChI=1S/C6H12.C6H10.C4H10O/c2*1-2-4-6-5-3-1;1-2-3-4-5/h1-6H2;1-2H,3-6H2;5H,2-4H2,1H3. The molecule has 0 atom stereocenters. The van der Waals surface area contributed by atoms with Crippen LogP contribution in [0.4, 0.5) is 0 Å². The van der Waals surface area contributed by atoms with Crippen LogP contribution < -0.4 is 0 Å². The van der Waals surface area contributed by atoms with Gasteiger partial charge in [0.1, 0.15) is 0 Å². The Hall–Kier alpha value is -0.300. The highest BCUT2D eigenvalue weighted by molar-refractivity contribution is 4.85. The van der Waals surface area contributed by atoms with Gasteiger partial charge in [0.05, 0.1) is 0 Å². The van der Waals surface area contributed by atoms with E-state index in [1.165, 1.54) is 64.2 Å². The molecule has 0 aromatic carbocycles. The highest BCUT2D eigenvalue weighted by Crippen LogP contribution is 2.15. The number of hydrogen-bond acceptors (Lipinski definition) is 1. The maximum Gasteiger partial charge on any atom is 0.0430 e. The molecule has 0 heterocycles. The van der Waals surface area contributed by atoms with Gasteiger partial charge in [-0.2, -0.15) is 0 Å². The lowest BCUT2D eigenvalue weighted by atomic mass is 10.0. The summed E-state index contributed by atoms with van der Waals surface area (Å²) in [5.41, 5.74) is 0. The van der Waals surface area contributed by atoms with Crippen molar-refractivity contribution in [2.24, 2.45) is 0 Å². The Morgan fingerprint density at radius 2 is 1.18 bits per heavy atom. The fraction of sp³-hybridized carbons (Fsp3) is 0.875. The minimum Gasteiger partial charge on any atom is -0.396 e. The molecule has 2 rings (SSSR count). The third-order valence-corrected chi connectivity index (χ3v) is 3.17. The van der Waals surface area contributed by atoms with Gasteiger partial charge < -0.3 is 5.11 Å². The second-order valence-corrected chi connectivity index (χ2v) is 4.95. The third-order valence-electron chi connectivity index (χ3n) is 3.17. The van der Waals surface area contributed by atoms with Crippen LogP contribution in [0.5, 0.6) is 0 Å². The molecule has 0 aliphatic heterocycles. The van der Waals surface area contributed by atoms with Gasteiger partial charge in [0.15, 0.2) is 0 Å². The number of allylic oxidation sites excluding steroid dienone is 2. The lowest BCUT2D eigenvalue weighted by Gasteiger charge is -2.05. The zero-order valence-corrected chi connectivity index (χ0v) is 11.8. The van der Waals surface area contributed by atoms with E-state index in [2.05, 4.69) is 19.1 Å². The second kappa shape index (κ2) is 15.7. The van der Waals surface area contributed by atoms with Gasteiger partial charge in [-0.1, -0.05) is 64.0 Å². The summed E-state index contributed by atoms with van der Waals surface area (Å²) in [5.74, 6) is 0. The van der Waals surface area contributed by atoms with Gasteiger partial charge in [-0.15, -0.1) is 0 Å². The molecule has 0 unspecified atom stereocenters. The number of rotatable bonds is 2. The fourth-order valence-electron chi connectivity index (χ4n) is 1.98. The topological polar surface area (TPSA) is 20.2 Å². The maximum atomic E-state index is 8.07. The summed E-state index contributed by atoms with van der Waals surface area (Å²) in [7, 11) is 0. The van der Waals surface area contributed by atoms with Gasteiger partial charge in [0, 0.05) is 6.61 Å². The molecule has 2 aliphatic rings. The first kappa shape index (κ1) is 16.7. The first-order valence-electron chi connectivity index (χ1n) is 7.67. The molecule has 1 fully saturated rings. The Balaban J connectivity index is 0.000000228. The predicted octanol–water partition coefficient (Wildman–Crippen LogP) is 5.24. The molecule has 0 saturated heterocycles. The smallest absolute Gasteiger partial charge is 0.0430 e. The van der Waals surface area contributed by atoms with Crippen molar-refractivity contribution in [3.63, 3.8) is 0 Å². The Kier molecular flexibility index (Phi) is 15.4. The average molecular weight is 240 g/mol. The van der Waals surface area contributed by atoms with Gasteiger partial charge in [0.25, 0.3) is 0 Å². The molecule has 1 saturated carbocycles. The minimum atomic E-state index is 0.344. The van der Waals surface area contributed by atoms with Crippen LogP contribution in [0.15, 0.2) is 12.2 Å². The predicted molar refractivity (Wildman–Crippen MR) is 77.3 cm³/mol. The summed E-state index contributed by atoms with van der Waals surface area (Å²) in [6.45, 7) is 2.40. The van der Waals surface area contributed by atoms with Crippen molar-refractivity contribution in [2.75, 3.05) is 6.61 Å². The van der Waals surface area contributed by atoms with Crippen molar-refractivity contribution in [3.05, 3.63) is 12.2 Å². The lowest BCUT2D eigenvalue weighted by Crippen LogP contribution is -1.85. The normalized spacial score (nSPS) is 18.5. The van der Waals surface area contributed by atoms with E-state index in [0.717, 1.165) is 12.8 Å². The molecule has 0 aromatic heterocycles. The van der Waals surface area contributed by atoms with Crippen LogP contribution >= 0.6 is 0 Å². The van der Waals surface area contributed by atoms with E-state index in [1.807, 2.05) is 0 Å². The van der Waals surface area contributed by atoms with Crippen LogP contribution in [0.3, 0.4) is 0 Å². The zero-order valence-electron chi connectivity index (χ0n) is 11.8. The Morgan fingerprint density at radius 1 is 0.765 bits per heavy atom. The molecular weight excluding hydrogens is 208 g/mol. The van der Waals surface area contributed by atoms with E-state index in [4.69, 9.17) is 5.11 Å². The molecular formula is C16H32O. The monoisotopic (exact) mass is 240 g/mol. The molecule has 0 spiro atoms. The van der Waals surface area contributed by atoms with Crippen LogP contribution in [0.25, 0.3) is 0 Å². The quantitative estimate of drug-likeness (QED) is 0.655. The fourth-order valence-corrected chi connectivity index (χ4v) is 1.98. The van der Waals surface area contributed by atoms with Gasteiger partial charge >= 0.3 is 0 Å². The number of aliphatic hydroxyl groups excluding tert-OH is 1. The van der Waals surface area contributed by atoms with E-state index in [1.54, 1.807) is 0 Å². The Labute approximate surface area is 108 Å². The van der Waals surface area contributed by atoms with Crippen molar-refractivity contribution in [1.29, 1.82) is 0 Å². The van der Waals surface area contributed by atoms with Crippen molar-refractivity contribution < 1.29 is 5.11 Å². The van der Waals surface area contributed by atoms with Gasteiger partial charge in [0.2, 0.25) is 0 Å². The van der Waals surface area contributed by atoms with Crippen LogP contribution in [0.2, 0.25) is 0 Å². The first-order chi connectivity index (χ1) is 8.41. The van der Waals surface area contributed by atoms with E-state index in [9.17, 15) is 0 Å². The van der Waals surface area contributed by atoms with E-state index in [0.29, 0.717) is 6.61 Å². The SMILES string of the molecule is C1=CCCCC1.C1CCCCC1.CCCCO. The summed E-state index contributed by atoms with van der Waals surface area (Å²) in [5, 5.41) is 8.07. The Morgan fingerprint density at radius 3 is 1.29 bits per heavy atom. The van der Waals surface area contributed by atoms with Crippen molar-refractivity contribution in [2.45, 2.75) is 84.0 Å². The summed E-state index contributed by atoms with van der Waals surface area (Å²) >= 11 is 0. The highest BCUT2D eigenvalue weighted by atomic mass is 16.2. The molecule has 1 N–H and O–H groups in total. The number of hydrogen-bond donors (Lipinski definition) is 1. The second-order valence-electron chi connectivity index (χ2n) is 4.95. The largest absolute Gasteiger partial charge is 0.396 e. The number of unbranched alkanes of at least 4 members (excludes halogenated alkanes) is 1. The molecule has 2 aliphatic carbocycles. The van der Waals surface area contributed by atoms with Crippen molar-refractivity contribution in [3.8, 4) is 0 Å². The molecule has 0 aromatic rings. The van der Waals surface area contributed by atoms with Crippen LogP contribution in [0.1, 0.15) is 84.0 Å². The summed E-state index contributed by atoms with van der Waals surface area (Å²) < 4.78 is 0.